The molecule has 0 unspecified atom stereocenters. The maximum Gasteiger partial charge on any atom is 0.416 e. The quantitative estimate of drug-likeness (QED) is 0.0461. The fraction of sp³-hybridized carbons (Fsp3) is 0.448. The number of rotatable bonds is 16. The Hall–Kier alpha value is -9.71. The van der Waals surface area contributed by atoms with Crippen LogP contribution in [0.1, 0.15) is 257 Å². The zero-order valence-electron chi connectivity index (χ0n) is 78.3. The van der Waals surface area contributed by atoms with E-state index in [2.05, 4.69) is 133 Å². The van der Waals surface area contributed by atoms with Crippen molar-refractivity contribution in [3.63, 3.8) is 0 Å². The number of hydrogen-bond acceptors (Lipinski definition) is 15. The second-order valence-electron chi connectivity index (χ2n) is 39.9. The largest absolute Gasteiger partial charge is 0.416 e. The number of alkyl halides is 9. The Kier molecular flexibility index (Phi) is 33.7. The Bertz CT molecular complexity index is 5880. The van der Waals surface area contributed by atoms with Crippen LogP contribution in [0.25, 0.3) is 0 Å². The Labute approximate surface area is 839 Å². The molecule has 1 aromatic heterocycles. The van der Waals surface area contributed by atoms with Crippen LogP contribution in [0.15, 0.2) is 259 Å². The van der Waals surface area contributed by atoms with Crippen LogP contribution in [0.3, 0.4) is 0 Å². The lowest BCUT2D eigenvalue weighted by molar-refractivity contribution is -0.139. The number of aryl methyl sites for hydroxylation is 1. The van der Waals surface area contributed by atoms with Crippen molar-refractivity contribution in [3.05, 3.63) is 354 Å². The SMILES string of the molecule is C.C.C.CCc1ccc2c(c1)[C@H]1O[C@@H](CNC)CC[C@H]1[C@H](c1ccc(F)cc1)N2.FC(F)(F)c1ccc2c(c1)[C@H]1O[C@@H](CN3CCC(c4ccccc4)CC3)CC[C@H]1[C@H](c1ccccc1)N2.OC1(c2ccc(Cl)cc2)CCN(C[C@H]2CC[C@@H]3[C@H](O2)c2cc(C(F)(F)F)ccc2N[C@H]3c2ccccc2)CC1.OC1(c2ccsc2)CCN(C[C@H]2CC[C@@H]3[C@H](O2)c2cc(C(F)(F)F)ccc2N[C@H]3c2ccccc2)CC1. The van der Waals surface area contributed by atoms with Gasteiger partial charge in [-0.25, -0.2) is 4.39 Å². The zero-order valence-corrected chi connectivity index (χ0v) is 79.8. The number of piperidine rings is 3. The Morgan fingerprint density at radius 2 is 0.711 bits per heavy atom. The summed E-state index contributed by atoms with van der Waals surface area (Å²) in [5, 5.41) is 44.6. The molecular weight excluding hydrogens is 1860 g/mol. The number of hydrogen-bond donors (Lipinski definition) is 7. The van der Waals surface area contributed by atoms with Crippen molar-refractivity contribution in [3.8, 4) is 0 Å². The van der Waals surface area contributed by atoms with Crippen LogP contribution in [0, 0.1) is 29.5 Å². The summed E-state index contributed by atoms with van der Waals surface area (Å²) in [5.41, 5.74) is 11.9. The first-order chi connectivity index (χ1) is 67.1. The van der Waals surface area contributed by atoms with Gasteiger partial charge in [0.05, 0.1) is 101 Å². The Morgan fingerprint density at radius 3 is 1.06 bits per heavy atom. The van der Waals surface area contributed by atoms with E-state index in [-0.39, 0.29) is 107 Å². The summed E-state index contributed by atoms with van der Waals surface area (Å²) < 4.78 is 162. The van der Waals surface area contributed by atoms with E-state index in [9.17, 15) is 54.1 Å². The smallest absolute Gasteiger partial charge is 0.385 e. The zero-order chi connectivity index (χ0) is 96.3. The molecule has 0 radical (unpaired) electrons. The van der Waals surface area contributed by atoms with Gasteiger partial charge in [0.15, 0.2) is 0 Å². The highest BCUT2D eigenvalue weighted by atomic mass is 35.5. The molecule has 0 bridgehead atoms. The highest BCUT2D eigenvalue weighted by molar-refractivity contribution is 7.08. The van der Waals surface area contributed by atoms with E-state index >= 15 is 0 Å². The van der Waals surface area contributed by atoms with Gasteiger partial charge in [-0.2, -0.15) is 50.9 Å². The Morgan fingerprint density at radius 1 is 0.380 bits per heavy atom. The van der Waals surface area contributed by atoms with Crippen molar-refractivity contribution in [2.75, 3.05) is 93.8 Å². The number of likely N-dealkylation sites (N-methyl/N-ethyl adjacent to an activating group) is 1. The fourth-order valence-corrected chi connectivity index (χ4v) is 24.6. The van der Waals surface area contributed by atoms with Crippen molar-refractivity contribution in [1.29, 1.82) is 0 Å². The number of ether oxygens (including phenoxy) is 4. The molecule has 7 saturated heterocycles. The lowest BCUT2D eigenvalue weighted by Gasteiger charge is -2.47. The average Bonchev–Trinajstić information content (AvgIpc) is 0.799. The van der Waals surface area contributed by atoms with Crippen LogP contribution in [0.4, 0.5) is 66.7 Å². The molecule has 7 fully saturated rings. The summed E-state index contributed by atoms with van der Waals surface area (Å²) >= 11 is 7.62. The molecule has 142 heavy (non-hydrogen) atoms. The molecule has 7 N–H and O–H groups in total. The van der Waals surface area contributed by atoms with Gasteiger partial charge in [0.1, 0.15) is 5.82 Å². The molecule has 14 nitrogen and oxygen atoms in total. The molecule has 11 aliphatic heterocycles. The topological polar surface area (TPSA) is 147 Å². The first kappa shape index (κ1) is 105. The molecule has 26 heteroatoms. The third-order valence-electron chi connectivity index (χ3n) is 31.2. The van der Waals surface area contributed by atoms with Gasteiger partial charge in [0, 0.05) is 126 Å². The summed E-state index contributed by atoms with van der Waals surface area (Å²) in [6.45, 7) is 10.3. The highest BCUT2D eigenvalue weighted by Crippen LogP contribution is 2.58. The number of thiophene rings is 1. The number of nitrogens with one attached hydrogen (secondary N) is 5. The monoisotopic (exact) mass is 1990 g/mol. The first-order valence-corrected chi connectivity index (χ1v) is 50.9. The number of likely N-dealkylation sites (tertiary alicyclic amines) is 3. The normalized spacial score (nSPS) is 26.5. The van der Waals surface area contributed by atoms with Crippen molar-refractivity contribution >= 4 is 45.7 Å². The number of fused-ring (bicyclic) bond motifs is 12. The number of halogens is 11. The van der Waals surface area contributed by atoms with Crippen molar-refractivity contribution in [2.24, 2.45) is 23.7 Å². The van der Waals surface area contributed by atoms with Gasteiger partial charge in [0.2, 0.25) is 0 Å². The van der Waals surface area contributed by atoms with E-state index in [0.717, 1.165) is 186 Å². The van der Waals surface area contributed by atoms with Gasteiger partial charge in [-0.3, -0.25) is 0 Å². The molecule has 0 aliphatic carbocycles. The molecule has 0 saturated carbocycles. The molecule has 758 valence electrons. The van der Waals surface area contributed by atoms with Gasteiger partial charge >= 0.3 is 18.5 Å². The summed E-state index contributed by atoms with van der Waals surface area (Å²) in [4.78, 5) is 7.11. The van der Waals surface area contributed by atoms with Gasteiger partial charge in [-0.05, 0) is 269 Å². The second kappa shape index (κ2) is 45.5. The van der Waals surface area contributed by atoms with Crippen molar-refractivity contribution in [2.45, 2.75) is 234 Å². The van der Waals surface area contributed by atoms with Crippen LogP contribution in [0.2, 0.25) is 5.02 Å². The molecule has 11 aromatic rings. The average molecular weight is 1990 g/mol. The molecule has 11 aliphatic rings. The fourth-order valence-electron chi connectivity index (χ4n) is 23.7. The minimum Gasteiger partial charge on any atom is -0.385 e. The molecule has 12 heterocycles. The number of benzene rings is 10. The summed E-state index contributed by atoms with van der Waals surface area (Å²) in [5.74, 6) is 0.906. The minimum absolute atomic E-state index is 0. The van der Waals surface area contributed by atoms with E-state index in [1.54, 1.807) is 53.8 Å². The molecule has 16 atom stereocenters. The standard InChI is InChI=1S/C31H32ClF3N2O2.C31H33F3N2O.C29H31F3N2O2S.C22H27FN2O.3CH4/c32-23-9-6-21(7-10-23)30(38)14-16-37(17-15-30)19-24-11-12-25-28(20-4-2-1-3-5-20)36-27-13-8-22(31(33,34)35)18-26(27)29(25)39-24;32-31(33,34)24-11-14-28-27(19-24)30-26(29(35-28)23-9-5-2-6-10-23)13-12-25(37-30)20-36-17-15-22(16-18-36)21-7-3-1-4-8-21;30-29(31,32)20-6-9-25-24(16-20)27-23(26(33-25)19-4-2-1-3-5-19)8-7-22(36-27)17-34-13-11-28(35,12-14-34)21-10-15-37-18-21;1-3-14-4-11-20-19(12-14)22-18(10-9-17(26-22)13-24-2)21(25-20)15-5-7-16(23)8-6-15;;;/h1-10,13,18,24-25,28-29,36,38H,11-12,14-17,19H2;1-11,14,19,22,25-26,29-30,35H,12-13,15-18,20H2;1-6,9-10,15-16,18,22-23,26-27,33,35H,7-8,11-14,17H2;4-8,11-12,17-18,21-22,24-25H,3,9-10,13H2,1-2H3;3*1H4/t24-,25+,28+,29+;25-,26+,29+,30+;22-,23+,26+,27+;17-,18+,21+,22+;;;/m1111.../s1. The summed E-state index contributed by atoms with van der Waals surface area (Å²) in [6.07, 6.45) is -1.01. The van der Waals surface area contributed by atoms with E-state index in [1.165, 1.54) is 41.0 Å². The highest BCUT2D eigenvalue weighted by Gasteiger charge is 2.51. The van der Waals surface area contributed by atoms with Gasteiger partial charge in [-0.15, -0.1) is 0 Å². The lowest BCUT2D eigenvalue weighted by atomic mass is 9.76. The molecule has 22 rings (SSSR count). The van der Waals surface area contributed by atoms with Crippen LogP contribution in [-0.4, -0.2) is 122 Å². The lowest BCUT2D eigenvalue weighted by Crippen LogP contribution is -2.47. The summed E-state index contributed by atoms with van der Waals surface area (Å²) in [6, 6.07) is 76.1. The van der Waals surface area contributed by atoms with Crippen LogP contribution in [-0.2, 0) is 55.1 Å². The Balaban J connectivity index is 0.000000136. The van der Waals surface area contributed by atoms with E-state index in [1.807, 2.05) is 103 Å². The second-order valence-corrected chi connectivity index (χ2v) is 41.1. The first-order valence-electron chi connectivity index (χ1n) is 49.6. The van der Waals surface area contributed by atoms with Crippen LogP contribution >= 0.6 is 22.9 Å². The molecule has 0 amide bonds. The van der Waals surface area contributed by atoms with Gasteiger partial charge < -0.3 is 70.4 Å². The maximum absolute atomic E-state index is 13.6. The van der Waals surface area contributed by atoms with Gasteiger partial charge in [-0.1, -0.05) is 199 Å². The van der Waals surface area contributed by atoms with E-state index in [4.69, 9.17) is 30.5 Å². The number of nitrogens with zero attached hydrogens (tertiary/aromatic N) is 3. The van der Waals surface area contributed by atoms with E-state index < -0.39 is 58.6 Å². The van der Waals surface area contributed by atoms with Crippen molar-refractivity contribution in [1.82, 2.24) is 20.0 Å². The summed E-state index contributed by atoms with van der Waals surface area (Å²) in [7, 11) is 1.97. The third-order valence-corrected chi connectivity index (χ3v) is 32.2. The molecule has 0 spiro atoms. The maximum atomic E-state index is 13.6. The van der Waals surface area contributed by atoms with Crippen LogP contribution in [0.5, 0.6) is 0 Å². The van der Waals surface area contributed by atoms with Crippen LogP contribution < -0.4 is 26.6 Å². The predicted molar refractivity (Wildman–Crippen MR) is 547 cm³/mol. The minimum atomic E-state index is -4.41. The number of anilines is 4. The van der Waals surface area contributed by atoms with Gasteiger partial charge in [0.25, 0.3) is 0 Å². The third kappa shape index (κ3) is 23.8. The van der Waals surface area contributed by atoms with Crippen molar-refractivity contribution < 1.29 is 73.1 Å². The number of aliphatic hydroxyl groups is 2. The molecule has 10 aromatic carbocycles. The molecular formula is C116H135ClF10N8O6S. The predicted octanol–water partition coefficient (Wildman–Crippen LogP) is 28.2. The van der Waals surface area contributed by atoms with E-state index in [0.29, 0.717) is 77.2 Å².